The molecule has 3 aliphatic rings. The summed E-state index contributed by atoms with van der Waals surface area (Å²) in [5.41, 5.74) is 0. The molecule has 6 nitrogen and oxygen atoms in total. The molecule has 144 valence electrons. The highest BCUT2D eigenvalue weighted by atomic mass is 16.3. The van der Waals surface area contributed by atoms with Gasteiger partial charge >= 0.3 is 0 Å². The number of aliphatic hydroxyl groups excluding tert-OH is 1. The third kappa shape index (κ3) is 5.64. The Hall–Kier alpha value is -0.690. The zero-order valence-corrected chi connectivity index (χ0v) is 15.7. The third-order valence-corrected chi connectivity index (χ3v) is 6.21. The zero-order valence-electron chi connectivity index (χ0n) is 15.7. The van der Waals surface area contributed by atoms with Crippen LogP contribution in [0.3, 0.4) is 0 Å². The average molecular weight is 353 g/mol. The molecule has 3 fully saturated rings. The van der Waals surface area contributed by atoms with Crippen LogP contribution in [0.2, 0.25) is 0 Å². The lowest BCUT2D eigenvalue weighted by Crippen LogP contribution is -2.54. The van der Waals surface area contributed by atoms with E-state index in [-0.39, 0.29) is 6.61 Å². The van der Waals surface area contributed by atoms with E-state index in [0.29, 0.717) is 18.5 Å². The van der Waals surface area contributed by atoms with E-state index in [4.69, 9.17) is 5.11 Å². The number of rotatable bonds is 5. The molecule has 0 aliphatic carbocycles. The van der Waals surface area contributed by atoms with Gasteiger partial charge in [0.1, 0.15) is 0 Å². The summed E-state index contributed by atoms with van der Waals surface area (Å²) in [6.07, 6.45) is 7.37. The predicted octanol–water partition coefficient (Wildman–Crippen LogP) is 0.463. The third-order valence-electron chi connectivity index (χ3n) is 6.21. The summed E-state index contributed by atoms with van der Waals surface area (Å²) in [4.78, 5) is 22.0. The normalized spacial score (nSPS) is 25.9. The van der Waals surface area contributed by atoms with Gasteiger partial charge in [0.15, 0.2) is 0 Å². The van der Waals surface area contributed by atoms with Crippen LogP contribution in [-0.4, -0.2) is 109 Å². The van der Waals surface area contributed by atoms with Crippen molar-refractivity contribution in [3.63, 3.8) is 0 Å². The number of aliphatic hydroxyl groups is 1. The number of piperidine rings is 1. The standard InChI is InChI=1S/C19H36N4O2/c24-16-15-20-11-13-22(14-12-20)18-5-9-23(10-6-18)19(25)17-21-7-3-1-2-4-8-21/h18,24H,1-17H2. The minimum absolute atomic E-state index is 0.261. The smallest absolute Gasteiger partial charge is 0.236 e. The van der Waals surface area contributed by atoms with Crippen molar-refractivity contribution in [3.05, 3.63) is 0 Å². The van der Waals surface area contributed by atoms with E-state index in [1.807, 2.05) is 0 Å². The fraction of sp³-hybridized carbons (Fsp3) is 0.947. The first-order valence-electron chi connectivity index (χ1n) is 10.3. The molecule has 0 saturated carbocycles. The summed E-state index contributed by atoms with van der Waals surface area (Å²) < 4.78 is 0. The second-order valence-corrected chi connectivity index (χ2v) is 7.90. The van der Waals surface area contributed by atoms with Crippen LogP contribution in [0, 0.1) is 0 Å². The Morgan fingerprint density at radius 2 is 1.44 bits per heavy atom. The molecule has 0 spiro atoms. The first kappa shape index (κ1) is 19.1. The van der Waals surface area contributed by atoms with Crippen molar-refractivity contribution in [2.24, 2.45) is 0 Å². The van der Waals surface area contributed by atoms with E-state index in [9.17, 15) is 4.79 Å². The van der Waals surface area contributed by atoms with Gasteiger partial charge in [-0.05, 0) is 38.8 Å². The number of nitrogens with zero attached hydrogens (tertiary/aromatic N) is 4. The number of carbonyl (C=O) groups is 1. The van der Waals surface area contributed by atoms with Gasteiger partial charge in [0.25, 0.3) is 0 Å². The molecule has 3 rings (SSSR count). The molecule has 3 heterocycles. The van der Waals surface area contributed by atoms with Crippen molar-refractivity contribution in [1.82, 2.24) is 19.6 Å². The van der Waals surface area contributed by atoms with E-state index in [1.165, 1.54) is 25.7 Å². The van der Waals surface area contributed by atoms with Crippen LogP contribution in [0.25, 0.3) is 0 Å². The molecule has 1 N–H and O–H groups in total. The molecule has 25 heavy (non-hydrogen) atoms. The van der Waals surface area contributed by atoms with Crippen LogP contribution in [0.4, 0.5) is 0 Å². The highest BCUT2D eigenvalue weighted by Crippen LogP contribution is 2.19. The Morgan fingerprint density at radius 1 is 0.800 bits per heavy atom. The van der Waals surface area contributed by atoms with Gasteiger partial charge in [0.2, 0.25) is 5.91 Å². The Morgan fingerprint density at radius 3 is 2.04 bits per heavy atom. The second kappa shape index (κ2) is 9.86. The molecule has 0 aromatic carbocycles. The highest BCUT2D eigenvalue weighted by molar-refractivity contribution is 5.78. The van der Waals surface area contributed by atoms with Crippen molar-refractivity contribution in [3.8, 4) is 0 Å². The fourth-order valence-corrected chi connectivity index (χ4v) is 4.56. The maximum Gasteiger partial charge on any atom is 0.236 e. The molecule has 0 unspecified atom stereocenters. The molecule has 0 atom stereocenters. The van der Waals surface area contributed by atoms with Crippen molar-refractivity contribution in [1.29, 1.82) is 0 Å². The molecule has 3 saturated heterocycles. The SMILES string of the molecule is O=C(CN1CCCCCC1)N1CCC(N2CCN(CCO)CC2)CC1. The average Bonchev–Trinajstić information content (AvgIpc) is 2.91. The van der Waals surface area contributed by atoms with Gasteiger partial charge in [-0.2, -0.15) is 0 Å². The van der Waals surface area contributed by atoms with Crippen molar-refractivity contribution >= 4 is 5.91 Å². The fourth-order valence-electron chi connectivity index (χ4n) is 4.56. The molecule has 3 aliphatic heterocycles. The molecular weight excluding hydrogens is 316 g/mol. The van der Waals surface area contributed by atoms with Crippen LogP contribution >= 0.6 is 0 Å². The monoisotopic (exact) mass is 352 g/mol. The van der Waals surface area contributed by atoms with Crippen molar-refractivity contribution in [2.45, 2.75) is 44.6 Å². The topological polar surface area (TPSA) is 50.3 Å². The molecule has 6 heteroatoms. The van der Waals surface area contributed by atoms with E-state index < -0.39 is 0 Å². The minimum atomic E-state index is 0.261. The number of amides is 1. The second-order valence-electron chi connectivity index (χ2n) is 7.90. The minimum Gasteiger partial charge on any atom is -0.395 e. The van der Waals surface area contributed by atoms with Crippen LogP contribution in [0.15, 0.2) is 0 Å². The maximum absolute atomic E-state index is 12.6. The summed E-state index contributed by atoms with van der Waals surface area (Å²) >= 11 is 0. The first-order valence-corrected chi connectivity index (χ1v) is 10.3. The van der Waals surface area contributed by atoms with Gasteiger partial charge < -0.3 is 10.0 Å². The summed E-state index contributed by atoms with van der Waals surface area (Å²) in [6, 6.07) is 0.638. The lowest BCUT2D eigenvalue weighted by molar-refractivity contribution is -0.134. The number of hydrogen-bond acceptors (Lipinski definition) is 5. The molecule has 0 radical (unpaired) electrons. The quantitative estimate of drug-likeness (QED) is 0.779. The van der Waals surface area contributed by atoms with E-state index in [1.54, 1.807) is 0 Å². The van der Waals surface area contributed by atoms with Crippen LogP contribution < -0.4 is 0 Å². The Balaban J connectivity index is 1.37. The molecule has 1 amide bonds. The molecule has 0 aromatic rings. The van der Waals surface area contributed by atoms with Gasteiger partial charge in [-0.25, -0.2) is 0 Å². The molecule has 0 bridgehead atoms. The number of piperazine rings is 1. The predicted molar refractivity (Wildman–Crippen MR) is 99.6 cm³/mol. The van der Waals surface area contributed by atoms with Gasteiger partial charge in [-0.3, -0.25) is 19.5 Å². The summed E-state index contributed by atoms with van der Waals surface area (Å²) in [5, 5.41) is 9.05. The molecule has 0 aromatic heterocycles. The number of β-amino-alcohol motifs (C(OH)–C–C–N with tert-alkyl or cyclic N) is 1. The van der Waals surface area contributed by atoms with Gasteiger partial charge in [0, 0.05) is 51.9 Å². The van der Waals surface area contributed by atoms with Crippen molar-refractivity contribution in [2.75, 3.05) is 72.1 Å². The lowest BCUT2D eigenvalue weighted by Gasteiger charge is -2.43. The van der Waals surface area contributed by atoms with E-state index in [2.05, 4.69) is 19.6 Å². The van der Waals surface area contributed by atoms with Crippen LogP contribution in [0.1, 0.15) is 38.5 Å². The highest BCUT2D eigenvalue weighted by Gasteiger charge is 2.29. The summed E-state index contributed by atoms with van der Waals surface area (Å²) in [6.45, 7) is 10.1. The largest absolute Gasteiger partial charge is 0.395 e. The number of likely N-dealkylation sites (tertiary alicyclic amines) is 2. The Kier molecular flexibility index (Phi) is 7.52. The van der Waals surface area contributed by atoms with Gasteiger partial charge in [0.05, 0.1) is 13.2 Å². The lowest BCUT2D eigenvalue weighted by atomic mass is 10.0. The Bertz CT molecular complexity index is 396. The van der Waals surface area contributed by atoms with Crippen molar-refractivity contribution < 1.29 is 9.90 Å². The summed E-state index contributed by atoms with van der Waals surface area (Å²) in [5.74, 6) is 0.341. The van der Waals surface area contributed by atoms with Gasteiger partial charge in [-0.15, -0.1) is 0 Å². The van der Waals surface area contributed by atoms with Gasteiger partial charge in [-0.1, -0.05) is 12.8 Å². The van der Waals surface area contributed by atoms with E-state index >= 15 is 0 Å². The number of carbonyl (C=O) groups excluding carboxylic acids is 1. The molecular formula is C19H36N4O2. The Labute approximate surface area is 152 Å². The maximum atomic E-state index is 12.6. The van der Waals surface area contributed by atoms with Crippen LogP contribution in [-0.2, 0) is 4.79 Å². The van der Waals surface area contributed by atoms with Crippen LogP contribution in [0.5, 0.6) is 0 Å². The van der Waals surface area contributed by atoms with E-state index in [0.717, 1.165) is 71.7 Å². The first-order chi connectivity index (χ1) is 12.3. The number of hydrogen-bond donors (Lipinski definition) is 1. The zero-order chi connectivity index (χ0) is 17.5. The summed E-state index contributed by atoms with van der Waals surface area (Å²) in [7, 11) is 0.